The lowest BCUT2D eigenvalue weighted by atomic mass is 10.1. The lowest BCUT2D eigenvalue weighted by Gasteiger charge is -2.15. The lowest BCUT2D eigenvalue weighted by Crippen LogP contribution is -2.43. The molecular formula is C12H24N2O2. The number of carbonyl (C=O) groups excluding carboxylic acids is 1. The maximum atomic E-state index is 11.4. The van der Waals surface area contributed by atoms with Crippen LogP contribution in [0.1, 0.15) is 38.5 Å². The fourth-order valence-corrected chi connectivity index (χ4v) is 1.60. The van der Waals surface area contributed by atoms with E-state index in [0.29, 0.717) is 0 Å². The van der Waals surface area contributed by atoms with E-state index in [9.17, 15) is 4.79 Å². The molecule has 0 fully saturated rings. The van der Waals surface area contributed by atoms with E-state index in [0.717, 1.165) is 25.7 Å². The predicted octanol–water partition coefficient (Wildman–Crippen LogP) is 1.17. The second-order valence-corrected chi connectivity index (χ2v) is 3.81. The molecular weight excluding hydrogens is 204 g/mol. The monoisotopic (exact) mass is 228 g/mol. The molecule has 0 rings (SSSR count). The third-order valence-electron chi connectivity index (χ3n) is 2.55. The number of nitrogens with one attached hydrogen (secondary N) is 2. The molecule has 0 spiro atoms. The number of carbonyl (C=O) groups is 1. The van der Waals surface area contributed by atoms with E-state index < -0.39 is 0 Å². The van der Waals surface area contributed by atoms with E-state index >= 15 is 0 Å². The number of unbranched alkanes of at least 4 members (excludes halogenated alkanes) is 4. The zero-order valence-corrected chi connectivity index (χ0v) is 10.2. The summed E-state index contributed by atoms with van der Waals surface area (Å²) in [7, 11) is 1.61. The van der Waals surface area contributed by atoms with Gasteiger partial charge in [-0.25, -0.2) is 0 Å². The quantitative estimate of drug-likeness (QED) is 0.299. The minimum absolute atomic E-state index is 0.0554. The van der Waals surface area contributed by atoms with Crippen molar-refractivity contribution < 1.29 is 9.90 Å². The van der Waals surface area contributed by atoms with Crippen molar-refractivity contribution in [2.24, 2.45) is 0 Å². The van der Waals surface area contributed by atoms with Crippen molar-refractivity contribution in [2.45, 2.75) is 44.6 Å². The van der Waals surface area contributed by atoms with Crippen molar-refractivity contribution >= 4 is 5.91 Å². The van der Waals surface area contributed by atoms with Crippen LogP contribution in [0.2, 0.25) is 0 Å². The SMILES string of the molecule is C=CCCCCCC[C@H](NCO)C(=O)NC. The highest BCUT2D eigenvalue weighted by Gasteiger charge is 2.14. The van der Waals surface area contributed by atoms with Crippen molar-refractivity contribution in [3.8, 4) is 0 Å². The fourth-order valence-electron chi connectivity index (χ4n) is 1.60. The molecule has 4 nitrogen and oxygen atoms in total. The van der Waals surface area contributed by atoms with Crippen LogP contribution in [-0.4, -0.2) is 30.8 Å². The average molecular weight is 228 g/mol. The van der Waals surface area contributed by atoms with Gasteiger partial charge in [-0.15, -0.1) is 6.58 Å². The van der Waals surface area contributed by atoms with Crippen LogP contribution < -0.4 is 10.6 Å². The minimum Gasteiger partial charge on any atom is -0.381 e. The number of aliphatic hydroxyl groups is 1. The van der Waals surface area contributed by atoms with Crippen molar-refractivity contribution in [3.63, 3.8) is 0 Å². The van der Waals surface area contributed by atoms with Crippen molar-refractivity contribution in [1.82, 2.24) is 10.6 Å². The Morgan fingerprint density at radius 3 is 2.62 bits per heavy atom. The van der Waals surface area contributed by atoms with Crippen LogP contribution in [-0.2, 0) is 4.79 Å². The van der Waals surface area contributed by atoms with E-state index in [1.54, 1.807) is 7.05 Å². The van der Waals surface area contributed by atoms with Crippen molar-refractivity contribution in [3.05, 3.63) is 12.7 Å². The standard InChI is InChI=1S/C12H24N2O2/c1-3-4-5-6-7-8-9-11(14-10-15)12(16)13-2/h3,11,14-15H,1,4-10H2,2H3,(H,13,16)/t11-/m0/s1. The zero-order chi connectivity index (χ0) is 12.2. The molecule has 0 aromatic rings. The van der Waals surface area contributed by atoms with Gasteiger partial charge in [0.1, 0.15) is 0 Å². The molecule has 1 atom stereocenters. The highest BCUT2D eigenvalue weighted by atomic mass is 16.3. The molecule has 0 aromatic heterocycles. The van der Waals surface area contributed by atoms with Gasteiger partial charge in [-0.05, 0) is 19.3 Å². The Hall–Kier alpha value is -0.870. The van der Waals surface area contributed by atoms with Gasteiger partial charge in [-0.3, -0.25) is 10.1 Å². The van der Waals surface area contributed by atoms with Gasteiger partial charge in [0.25, 0.3) is 0 Å². The first-order valence-corrected chi connectivity index (χ1v) is 5.93. The molecule has 94 valence electrons. The Kier molecular flexibility index (Phi) is 10.1. The van der Waals surface area contributed by atoms with E-state index in [-0.39, 0.29) is 18.7 Å². The first kappa shape index (κ1) is 15.1. The van der Waals surface area contributed by atoms with Gasteiger partial charge < -0.3 is 10.4 Å². The van der Waals surface area contributed by atoms with Gasteiger partial charge in [0.15, 0.2) is 0 Å². The van der Waals surface area contributed by atoms with Crippen LogP contribution in [0, 0.1) is 0 Å². The number of aliphatic hydroxyl groups excluding tert-OH is 1. The lowest BCUT2D eigenvalue weighted by molar-refractivity contribution is -0.123. The molecule has 0 saturated heterocycles. The van der Waals surface area contributed by atoms with Crippen LogP contribution in [0.5, 0.6) is 0 Å². The van der Waals surface area contributed by atoms with Gasteiger partial charge >= 0.3 is 0 Å². The second-order valence-electron chi connectivity index (χ2n) is 3.81. The summed E-state index contributed by atoms with van der Waals surface area (Å²) in [5.74, 6) is -0.0554. The molecule has 0 aliphatic rings. The number of allylic oxidation sites excluding steroid dienone is 1. The van der Waals surface area contributed by atoms with Gasteiger partial charge in [0, 0.05) is 7.05 Å². The number of rotatable bonds is 10. The van der Waals surface area contributed by atoms with E-state index in [1.807, 2.05) is 6.08 Å². The topological polar surface area (TPSA) is 61.4 Å². The van der Waals surface area contributed by atoms with E-state index in [4.69, 9.17) is 5.11 Å². The summed E-state index contributed by atoms with van der Waals surface area (Å²) in [5.41, 5.74) is 0. The van der Waals surface area contributed by atoms with Crippen LogP contribution >= 0.6 is 0 Å². The Morgan fingerprint density at radius 1 is 1.38 bits per heavy atom. The third kappa shape index (κ3) is 7.43. The van der Waals surface area contributed by atoms with Crippen molar-refractivity contribution in [1.29, 1.82) is 0 Å². The number of amides is 1. The number of likely N-dealkylation sites (N-methyl/N-ethyl adjacent to an activating group) is 1. The predicted molar refractivity (Wildman–Crippen MR) is 66.0 cm³/mol. The molecule has 0 aliphatic carbocycles. The number of hydrogen-bond acceptors (Lipinski definition) is 3. The number of hydrogen-bond donors (Lipinski definition) is 3. The van der Waals surface area contributed by atoms with E-state index in [2.05, 4.69) is 17.2 Å². The smallest absolute Gasteiger partial charge is 0.236 e. The maximum absolute atomic E-state index is 11.4. The molecule has 0 heterocycles. The molecule has 0 bridgehead atoms. The third-order valence-corrected chi connectivity index (χ3v) is 2.55. The molecule has 16 heavy (non-hydrogen) atoms. The summed E-state index contributed by atoms with van der Waals surface area (Å²) in [6.45, 7) is 3.52. The summed E-state index contributed by atoms with van der Waals surface area (Å²) in [6, 6.07) is -0.269. The molecule has 3 N–H and O–H groups in total. The Morgan fingerprint density at radius 2 is 2.06 bits per heavy atom. The summed E-state index contributed by atoms with van der Waals surface area (Å²) in [6.07, 6.45) is 8.23. The largest absolute Gasteiger partial charge is 0.381 e. The van der Waals surface area contributed by atoms with Gasteiger partial charge in [0.05, 0.1) is 12.8 Å². The van der Waals surface area contributed by atoms with Gasteiger partial charge in [0.2, 0.25) is 5.91 Å². The molecule has 0 saturated carbocycles. The summed E-state index contributed by atoms with van der Waals surface area (Å²) >= 11 is 0. The molecule has 0 aromatic carbocycles. The molecule has 0 aliphatic heterocycles. The van der Waals surface area contributed by atoms with Gasteiger partial charge in [-0.2, -0.15) is 0 Å². The highest BCUT2D eigenvalue weighted by molar-refractivity contribution is 5.81. The summed E-state index contributed by atoms with van der Waals surface area (Å²) in [4.78, 5) is 11.4. The Balaban J connectivity index is 3.59. The van der Waals surface area contributed by atoms with Gasteiger partial charge in [-0.1, -0.05) is 25.3 Å². The maximum Gasteiger partial charge on any atom is 0.236 e. The zero-order valence-electron chi connectivity index (χ0n) is 10.2. The molecule has 0 unspecified atom stereocenters. The van der Waals surface area contributed by atoms with Crippen LogP contribution in [0.25, 0.3) is 0 Å². The first-order chi connectivity index (χ1) is 7.76. The fraction of sp³-hybridized carbons (Fsp3) is 0.750. The highest BCUT2D eigenvalue weighted by Crippen LogP contribution is 2.07. The first-order valence-electron chi connectivity index (χ1n) is 5.93. The Labute approximate surface area is 98.1 Å². The van der Waals surface area contributed by atoms with Crippen molar-refractivity contribution in [2.75, 3.05) is 13.8 Å². The van der Waals surface area contributed by atoms with E-state index in [1.165, 1.54) is 12.8 Å². The minimum atomic E-state index is -0.269. The van der Waals surface area contributed by atoms with Crippen LogP contribution in [0.15, 0.2) is 12.7 Å². The Bertz CT molecular complexity index is 195. The average Bonchev–Trinajstić information content (AvgIpc) is 2.31. The normalized spacial score (nSPS) is 12.1. The summed E-state index contributed by atoms with van der Waals surface area (Å²) in [5, 5.41) is 14.1. The molecule has 0 radical (unpaired) electrons. The summed E-state index contributed by atoms with van der Waals surface area (Å²) < 4.78 is 0. The molecule has 1 amide bonds. The van der Waals surface area contributed by atoms with Crippen LogP contribution in [0.3, 0.4) is 0 Å². The second kappa shape index (κ2) is 10.6. The van der Waals surface area contributed by atoms with Crippen LogP contribution in [0.4, 0.5) is 0 Å². The molecule has 4 heteroatoms.